The van der Waals surface area contributed by atoms with Crippen LogP contribution < -0.4 is 4.74 Å². The first-order valence-corrected chi connectivity index (χ1v) is 18.4. The summed E-state index contributed by atoms with van der Waals surface area (Å²) in [5.74, 6) is 3.71. The molecule has 0 saturated heterocycles. The van der Waals surface area contributed by atoms with E-state index < -0.39 is 0 Å². The minimum Gasteiger partial charge on any atom is -0.457 e. The molecule has 0 spiro atoms. The van der Waals surface area contributed by atoms with Gasteiger partial charge in [0.1, 0.15) is 23.1 Å². The zero-order valence-electron chi connectivity index (χ0n) is 28.5. The van der Waals surface area contributed by atoms with E-state index in [1.54, 1.807) is 24.3 Å². The average Bonchev–Trinajstić information content (AvgIpc) is 3.09. The second-order valence-corrected chi connectivity index (χ2v) is 14.5. The van der Waals surface area contributed by atoms with Crippen LogP contribution in [0.4, 0.5) is 8.78 Å². The highest BCUT2D eigenvalue weighted by Gasteiger charge is 2.23. The molecule has 0 bridgehead atoms. The Hall–Kier alpha value is -3.46. The predicted octanol–water partition coefficient (Wildman–Crippen LogP) is 13.1. The van der Waals surface area contributed by atoms with Gasteiger partial charge in [0.05, 0.1) is 0 Å². The lowest BCUT2D eigenvalue weighted by atomic mass is 9.77. The van der Waals surface area contributed by atoms with Crippen LogP contribution in [0, 0.1) is 23.5 Å². The smallest absolute Gasteiger partial charge is 0.131 e. The third-order valence-electron chi connectivity index (χ3n) is 11.0. The maximum absolute atomic E-state index is 14.5. The van der Waals surface area contributed by atoms with Crippen molar-refractivity contribution in [2.75, 3.05) is 0 Å². The lowest BCUT2D eigenvalue weighted by Gasteiger charge is -2.28. The van der Waals surface area contributed by atoms with Gasteiger partial charge >= 0.3 is 0 Å². The Labute approximate surface area is 281 Å². The second-order valence-electron chi connectivity index (χ2n) is 14.5. The van der Waals surface area contributed by atoms with Crippen LogP contribution in [0.2, 0.25) is 0 Å². The zero-order chi connectivity index (χ0) is 32.6. The van der Waals surface area contributed by atoms with Gasteiger partial charge in [0.15, 0.2) is 0 Å². The lowest BCUT2D eigenvalue weighted by molar-refractivity contribution is 0.308. The van der Waals surface area contributed by atoms with Gasteiger partial charge in [-0.1, -0.05) is 88.1 Å². The molecule has 0 amide bonds. The van der Waals surface area contributed by atoms with Crippen LogP contribution in [-0.2, 0) is 12.8 Å². The number of hydrogen-bond acceptors (Lipinski definition) is 1. The fourth-order valence-corrected chi connectivity index (χ4v) is 8.33. The molecule has 0 aromatic heterocycles. The molecule has 248 valence electrons. The summed E-state index contributed by atoms with van der Waals surface area (Å²) in [6, 6.07) is 27.2. The topological polar surface area (TPSA) is 9.23 Å². The second kappa shape index (κ2) is 16.1. The number of ether oxygens (including phenoxy) is 1. The van der Waals surface area contributed by atoms with Gasteiger partial charge in [-0.3, -0.25) is 0 Å². The molecule has 6 rings (SSSR count). The molecule has 2 aliphatic carbocycles. The van der Waals surface area contributed by atoms with E-state index in [9.17, 15) is 8.78 Å². The molecular formula is C44H52F2O. The van der Waals surface area contributed by atoms with Crippen LogP contribution in [0.15, 0.2) is 84.9 Å². The Balaban J connectivity index is 1.13. The van der Waals surface area contributed by atoms with Crippen molar-refractivity contribution in [2.45, 2.75) is 116 Å². The molecule has 1 nitrogen and oxygen atoms in total. The summed E-state index contributed by atoms with van der Waals surface area (Å²) >= 11 is 0. The summed E-state index contributed by atoms with van der Waals surface area (Å²) in [5.41, 5.74) is 6.66. The molecule has 2 fully saturated rings. The van der Waals surface area contributed by atoms with Crippen LogP contribution in [0.25, 0.3) is 0 Å². The van der Waals surface area contributed by atoms with Gasteiger partial charge in [0, 0.05) is 24.0 Å². The number of benzene rings is 4. The average molecular weight is 635 g/mol. The molecule has 0 aliphatic heterocycles. The van der Waals surface area contributed by atoms with Crippen LogP contribution in [0.3, 0.4) is 0 Å². The third kappa shape index (κ3) is 8.92. The Morgan fingerprint density at radius 2 is 0.894 bits per heavy atom. The van der Waals surface area contributed by atoms with Crippen molar-refractivity contribution < 1.29 is 13.5 Å². The zero-order valence-corrected chi connectivity index (χ0v) is 28.5. The summed E-state index contributed by atoms with van der Waals surface area (Å²) < 4.78 is 35.5. The lowest BCUT2D eigenvalue weighted by Crippen LogP contribution is -2.13. The van der Waals surface area contributed by atoms with Gasteiger partial charge in [0.25, 0.3) is 0 Å². The van der Waals surface area contributed by atoms with Crippen molar-refractivity contribution in [2.24, 2.45) is 11.8 Å². The molecule has 2 aliphatic rings. The number of rotatable bonds is 12. The van der Waals surface area contributed by atoms with Gasteiger partial charge in [-0.2, -0.15) is 0 Å². The fourth-order valence-electron chi connectivity index (χ4n) is 8.33. The Bertz CT molecular complexity index is 1440. The molecule has 0 N–H and O–H groups in total. The highest BCUT2D eigenvalue weighted by molar-refractivity contribution is 5.45. The summed E-state index contributed by atoms with van der Waals surface area (Å²) in [4.78, 5) is 0. The van der Waals surface area contributed by atoms with E-state index in [1.807, 2.05) is 0 Å². The summed E-state index contributed by atoms with van der Waals surface area (Å²) in [5, 5.41) is 0. The Morgan fingerprint density at radius 1 is 0.511 bits per heavy atom. The van der Waals surface area contributed by atoms with Gasteiger partial charge in [-0.25, -0.2) is 8.78 Å². The largest absolute Gasteiger partial charge is 0.457 e. The summed E-state index contributed by atoms with van der Waals surface area (Å²) in [7, 11) is 0. The highest BCUT2D eigenvalue weighted by atomic mass is 19.1. The van der Waals surface area contributed by atoms with E-state index in [0.29, 0.717) is 36.2 Å². The first-order valence-electron chi connectivity index (χ1n) is 18.4. The standard InChI is InChI=1S/C44H52F2O/c1-3-5-31-7-15-35(16-8-31)37-19-11-33(12-20-37)27-39-29-41(45)23-25-43(39)47-44-26-24-42(46)30-40(44)28-34-13-21-38(22-14-34)36-17-9-32(6-4-2)10-18-36/h11-14,19-26,29-32,35-36H,3-10,15-18,27-28H2,1-2H3/t31-,32-,35-,36-. The fraction of sp³-hybridized carbons (Fsp3) is 0.455. The van der Waals surface area contributed by atoms with Crippen molar-refractivity contribution in [3.63, 3.8) is 0 Å². The quantitative estimate of drug-likeness (QED) is 0.151. The van der Waals surface area contributed by atoms with Gasteiger partial charge in [-0.15, -0.1) is 0 Å². The van der Waals surface area contributed by atoms with Gasteiger partial charge in [0.2, 0.25) is 0 Å². The van der Waals surface area contributed by atoms with E-state index in [2.05, 4.69) is 62.4 Å². The van der Waals surface area contributed by atoms with Crippen molar-refractivity contribution >= 4 is 0 Å². The first kappa shape index (κ1) is 33.4. The van der Waals surface area contributed by atoms with Crippen LogP contribution >= 0.6 is 0 Å². The number of halogens is 2. The molecule has 4 aromatic carbocycles. The highest BCUT2D eigenvalue weighted by Crippen LogP contribution is 2.39. The molecule has 47 heavy (non-hydrogen) atoms. The molecule has 4 aromatic rings. The van der Waals surface area contributed by atoms with Crippen molar-refractivity contribution in [3.05, 3.63) is 130 Å². The van der Waals surface area contributed by atoms with Crippen LogP contribution in [0.5, 0.6) is 11.5 Å². The molecule has 0 heterocycles. The normalized spacial score (nSPS) is 21.4. The first-order chi connectivity index (χ1) is 23.0. The van der Waals surface area contributed by atoms with Crippen molar-refractivity contribution in [3.8, 4) is 11.5 Å². The van der Waals surface area contributed by atoms with Crippen molar-refractivity contribution in [1.29, 1.82) is 0 Å². The van der Waals surface area contributed by atoms with Gasteiger partial charge < -0.3 is 4.74 Å². The maximum Gasteiger partial charge on any atom is 0.131 e. The van der Waals surface area contributed by atoms with E-state index in [0.717, 1.165) is 34.1 Å². The molecule has 0 radical (unpaired) electrons. The summed E-state index contributed by atoms with van der Waals surface area (Å²) in [6.45, 7) is 4.58. The SMILES string of the molecule is CCC[C@H]1CC[C@H](c2ccc(Cc3cc(F)ccc3Oc3ccc(F)cc3Cc3ccc([C@H]4CC[C@H](CCC)CC4)cc3)cc2)CC1. The van der Waals surface area contributed by atoms with Crippen molar-refractivity contribution in [1.82, 2.24) is 0 Å². The minimum absolute atomic E-state index is 0.286. The van der Waals surface area contributed by atoms with E-state index in [4.69, 9.17) is 4.74 Å². The van der Waals surface area contributed by atoms with Crippen LogP contribution in [0.1, 0.15) is 136 Å². The Morgan fingerprint density at radius 3 is 1.26 bits per heavy atom. The monoisotopic (exact) mass is 634 g/mol. The van der Waals surface area contributed by atoms with Crippen LogP contribution in [-0.4, -0.2) is 0 Å². The third-order valence-corrected chi connectivity index (χ3v) is 11.0. The predicted molar refractivity (Wildman–Crippen MR) is 191 cm³/mol. The molecule has 0 unspecified atom stereocenters. The molecule has 2 saturated carbocycles. The molecular weight excluding hydrogens is 582 g/mol. The molecule has 0 atom stereocenters. The molecule has 3 heteroatoms. The minimum atomic E-state index is -0.286. The van der Waals surface area contributed by atoms with E-state index >= 15 is 0 Å². The summed E-state index contributed by atoms with van der Waals surface area (Å²) in [6.07, 6.45) is 16.8. The van der Waals surface area contributed by atoms with Gasteiger partial charge in [-0.05, 0) is 134 Å². The number of hydrogen-bond donors (Lipinski definition) is 0. The van der Waals surface area contributed by atoms with E-state index in [-0.39, 0.29) is 11.6 Å². The Kier molecular flexibility index (Phi) is 11.4. The van der Waals surface area contributed by atoms with E-state index in [1.165, 1.54) is 100 Å². The maximum atomic E-state index is 14.5.